The Balaban J connectivity index is 2.23. The summed E-state index contributed by atoms with van der Waals surface area (Å²) in [4.78, 5) is 36.7. The van der Waals surface area contributed by atoms with Gasteiger partial charge in [0.15, 0.2) is 5.78 Å². The molecule has 0 spiro atoms. The van der Waals surface area contributed by atoms with Gasteiger partial charge in [0.2, 0.25) is 0 Å². The number of nitrogens with zero attached hydrogens (tertiary/aromatic N) is 1. The van der Waals surface area contributed by atoms with Crippen molar-refractivity contribution in [2.45, 2.75) is 52.1 Å². The first kappa shape index (κ1) is 18.8. The largest absolute Gasteiger partial charge is 0.460 e. The topological polar surface area (TPSA) is 98.5 Å². The summed E-state index contributed by atoms with van der Waals surface area (Å²) in [6, 6.07) is 6.25. The van der Waals surface area contributed by atoms with Gasteiger partial charge in [-0.3, -0.25) is 14.9 Å². The molecule has 7 heteroatoms. The van der Waals surface area contributed by atoms with E-state index in [1.54, 1.807) is 39.0 Å². The van der Waals surface area contributed by atoms with Crippen LogP contribution in [0.5, 0.6) is 0 Å². The van der Waals surface area contributed by atoms with Gasteiger partial charge in [-0.25, -0.2) is 4.79 Å². The van der Waals surface area contributed by atoms with Crippen LogP contribution >= 0.6 is 0 Å². The van der Waals surface area contributed by atoms with Crippen molar-refractivity contribution in [2.75, 3.05) is 0 Å². The molecule has 0 saturated heterocycles. The maximum Gasteiger partial charge on any atom is 0.337 e. The van der Waals surface area contributed by atoms with Crippen molar-refractivity contribution < 1.29 is 19.2 Å². The Hall–Kier alpha value is -2.96. The summed E-state index contributed by atoms with van der Waals surface area (Å²) in [6.07, 6.45) is 1.40. The molecule has 1 aliphatic carbocycles. The number of hydrogen-bond donors (Lipinski definition) is 1. The van der Waals surface area contributed by atoms with Gasteiger partial charge in [-0.15, -0.1) is 0 Å². The smallest absolute Gasteiger partial charge is 0.337 e. The Morgan fingerprint density at radius 2 is 2.00 bits per heavy atom. The maximum absolute atomic E-state index is 12.8. The van der Waals surface area contributed by atoms with Crippen LogP contribution < -0.4 is 5.32 Å². The highest BCUT2D eigenvalue weighted by atomic mass is 16.6. The second-order valence-electron chi connectivity index (χ2n) is 7.04. The lowest BCUT2D eigenvalue weighted by molar-refractivity contribution is -0.385. The molecule has 1 N–H and O–H groups in total. The van der Waals surface area contributed by atoms with Crippen LogP contribution in [0.2, 0.25) is 0 Å². The third-order valence-corrected chi connectivity index (χ3v) is 4.78. The van der Waals surface area contributed by atoms with E-state index in [1.165, 1.54) is 6.07 Å². The van der Waals surface area contributed by atoms with Gasteiger partial charge in [-0.1, -0.05) is 18.2 Å². The highest BCUT2D eigenvalue weighted by Gasteiger charge is 2.41. The molecule has 2 aliphatic rings. The van der Waals surface area contributed by atoms with E-state index >= 15 is 0 Å². The number of carbonyl (C=O) groups excluding carboxylic acids is 2. The molecule has 0 aromatic heterocycles. The SMILES string of the molecule is CC1=C(C(=O)OC(C)C)C(c2ccccc2[N+](=O)[O-])C2=C(CCCC2=O)N1. The number of nitro benzene ring substituents is 1. The zero-order valence-electron chi connectivity index (χ0n) is 15.6. The maximum atomic E-state index is 12.8. The molecule has 27 heavy (non-hydrogen) atoms. The summed E-state index contributed by atoms with van der Waals surface area (Å²) in [5, 5.41) is 14.8. The summed E-state index contributed by atoms with van der Waals surface area (Å²) in [6.45, 7) is 5.21. The van der Waals surface area contributed by atoms with E-state index < -0.39 is 16.8 Å². The molecule has 0 amide bonds. The molecule has 1 aromatic carbocycles. The lowest BCUT2D eigenvalue weighted by atomic mass is 9.75. The number of rotatable bonds is 4. The Morgan fingerprint density at radius 1 is 1.30 bits per heavy atom. The van der Waals surface area contributed by atoms with Crippen LogP contribution in [0.15, 0.2) is 46.8 Å². The number of nitrogens with one attached hydrogen (secondary N) is 1. The van der Waals surface area contributed by atoms with Crippen molar-refractivity contribution in [1.82, 2.24) is 5.32 Å². The lowest BCUT2D eigenvalue weighted by Gasteiger charge is -2.34. The second-order valence-corrected chi connectivity index (χ2v) is 7.04. The van der Waals surface area contributed by atoms with Gasteiger partial charge in [-0.2, -0.15) is 0 Å². The van der Waals surface area contributed by atoms with Gasteiger partial charge in [0.1, 0.15) is 0 Å². The third-order valence-electron chi connectivity index (χ3n) is 4.78. The predicted molar refractivity (Wildman–Crippen MR) is 98.8 cm³/mol. The molecule has 7 nitrogen and oxygen atoms in total. The van der Waals surface area contributed by atoms with Gasteiger partial charge in [0.25, 0.3) is 5.69 Å². The number of ketones is 1. The highest BCUT2D eigenvalue weighted by molar-refractivity contribution is 6.04. The van der Waals surface area contributed by atoms with Crippen molar-refractivity contribution in [2.24, 2.45) is 0 Å². The summed E-state index contributed by atoms with van der Waals surface area (Å²) >= 11 is 0. The van der Waals surface area contributed by atoms with Crippen molar-refractivity contribution in [3.63, 3.8) is 0 Å². The normalized spacial score (nSPS) is 19.7. The minimum atomic E-state index is -0.804. The number of carbonyl (C=O) groups is 2. The average Bonchev–Trinajstić information content (AvgIpc) is 2.60. The highest BCUT2D eigenvalue weighted by Crippen LogP contribution is 2.45. The molecule has 0 bridgehead atoms. The first-order valence-corrected chi connectivity index (χ1v) is 8.99. The molecule has 142 valence electrons. The molecule has 3 rings (SSSR count). The molecule has 1 aliphatic heterocycles. The van der Waals surface area contributed by atoms with Crippen molar-refractivity contribution in [3.8, 4) is 0 Å². The van der Waals surface area contributed by atoms with Gasteiger partial charge in [0, 0.05) is 35.0 Å². The van der Waals surface area contributed by atoms with Crippen LogP contribution in [0.1, 0.15) is 51.5 Å². The number of dihydropyridines is 1. The van der Waals surface area contributed by atoms with Crippen LogP contribution in [0, 0.1) is 10.1 Å². The quantitative estimate of drug-likeness (QED) is 0.495. The summed E-state index contributed by atoms with van der Waals surface area (Å²) < 4.78 is 5.39. The summed E-state index contributed by atoms with van der Waals surface area (Å²) in [5.41, 5.74) is 2.23. The van der Waals surface area contributed by atoms with Crippen molar-refractivity contribution >= 4 is 17.4 Å². The van der Waals surface area contributed by atoms with Crippen molar-refractivity contribution in [1.29, 1.82) is 0 Å². The predicted octanol–water partition coefficient (Wildman–Crippen LogP) is 3.51. The van der Waals surface area contributed by atoms with Crippen LogP contribution in [0.25, 0.3) is 0 Å². The number of benzene rings is 1. The van der Waals surface area contributed by atoms with E-state index in [0.29, 0.717) is 36.1 Å². The molecule has 0 saturated carbocycles. The Morgan fingerprint density at radius 3 is 2.67 bits per heavy atom. The zero-order valence-corrected chi connectivity index (χ0v) is 15.6. The van der Waals surface area contributed by atoms with Crippen LogP contribution in [-0.2, 0) is 14.3 Å². The molecule has 0 fully saturated rings. The third kappa shape index (κ3) is 3.49. The van der Waals surface area contributed by atoms with Crippen LogP contribution in [-0.4, -0.2) is 22.8 Å². The molecule has 1 aromatic rings. The fraction of sp³-hybridized carbons (Fsp3) is 0.400. The number of allylic oxidation sites excluding steroid dienone is 3. The standard InChI is InChI=1S/C20H22N2O5/c1-11(2)27-20(24)17-12(3)21-14-8-6-10-16(23)19(14)18(17)13-7-4-5-9-15(13)22(25)26/h4-5,7,9,11,18,21H,6,8,10H2,1-3H3. The monoisotopic (exact) mass is 370 g/mol. The first-order chi connectivity index (χ1) is 12.8. The van der Waals surface area contributed by atoms with E-state index in [4.69, 9.17) is 4.74 Å². The molecule has 1 unspecified atom stereocenters. The van der Waals surface area contributed by atoms with Crippen molar-refractivity contribution in [3.05, 3.63) is 62.5 Å². The molecular formula is C20H22N2O5. The second kappa shape index (κ2) is 7.34. The van der Waals surface area contributed by atoms with Crippen LogP contribution in [0.3, 0.4) is 0 Å². The fourth-order valence-electron chi connectivity index (χ4n) is 3.74. The minimum absolute atomic E-state index is 0.0887. The van der Waals surface area contributed by atoms with E-state index in [2.05, 4.69) is 5.32 Å². The molecule has 1 heterocycles. The Labute approximate surface area is 157 Å². The molecule has 0 radical (unpaired) electrons. The van der Waals surface area contributed by atoms with E-state index in [1.807, 2.05) is 0 Å². The number of esters is 1. The number of para-hydroxylation sites is 1. The number of ether oxygens (including phenoxy) is 1. The summed E-state index contributed by atoms with van der Waals surface area (Å²) in [7, 11) is 0. The van der Waals surface area contributed by atoms with Crippen LogP contribution in [0.4, 0.5) is 5.69 Å². The molecular weight excluding hydrogens is 348 g/mol. The van der Waals surface area contributed by atoms with E-state index in [9.17, 15) is 19.7 Å². The van der Waals surface area contributed by atoms with Gasteiger partial charge < -0.3 is 10.1 Å². The van der Waals surface area contributed by atoms with E-state index in [-0.39, 0.29) is 23.1 Å². The lowest BCUT2D eigenvalue weighted by Crippen LogP contribution is -2.35. The zero-order chi connectivity index (χ0) is 19.7. The Kier molecular flexibility index (Phi) is 5.12. The van der Waals surface area contributed by atoms with Gasteiger partial charge in [0.05, 0.1) is 22.5 Å². The number of nitro groups is 1. The molecule has 1 atom stereocenters. The minimum Gasteiger partial charge on any atom is -0.460 e. The van der Waals surface area contributed by atoms with Gasteiger partial charge >= 0.3 is 5.97 Å². The number of Topliss-reactive ketones (excluding diaryl/α,β-unsaturated/α-hetero) is 1. The summed E-state index contributed by atoms with van der Waals surface area (Å²) in [5.74, 6) is -1.46. The Bertz CT molecular complexity index is 882. The number of hydrogen-bond acceptors (Lipinski definition) is 6. The average molecular weight is 370 g/mol. The first-order valence-electron chi connectivity index (χ1n) is 8.99. The fourth-order valence-corrected chi connectivity index (χ4v) is 3.74. The van der Waals surface area contributed by atoms with Gasteiger partial charge in [-0.05, 0) is 33.6 Å². The van der Waals surface area contributed by atoms with E-state index in [0.717, 1.165) is 5.70 Å².